The molecule has 3 N–H and O–H groups in total. The molecule has 68 valence electrons. The van der Waals surface area contributed by atoms with Crippen LogP contribution in [0.4, 0.5) is 0 Å². The quantitative estimate of drug-likeness (QED) is 0.548. The number of aliphatic hydroxyl groups excluding tert-OH is 1. The highest BCUT2D eigenvalue weighted by atomic mass is 16.4. The molecular weight excluding hydrogens is 146 g/mol. The Morgan fingerprint density at radius 1 is 1.55 bits per heavy atom. The number of hydrogen-bond donors (Lipinski definition) is 3. The minimum absolute atomic E-state index is 0.0347. The summed E-state index contributed by atoms with van der Waals surface area (Å²) in [6, 6.07) is -0.317. The zero-order valence-electron chi connectivity index (χ0n) is 7.29. The summed E-state index contributed by atoms with van der Waals surface area (Å²) in [4.78, 5) is 9.98. The van der Waals surface area contributed by atoms with Gasteiger partial charge in [0.25, 0.3) is 0 Å². The largest absolute Gasteiger partial charge is 0.481 e. The molecule has 1 atom stereocenters. The van der Waals surface area contributed by atoms with Gasteiger partial charge >= 0.3 is 5.97 Å². The summed E-state index contributed by atoms with van der Waals surface area (Å²) in [6.45, 7) is 3.86. The average molecular weight is 163 g/mol. The minimum atomic E-state index is -0.900. The van der Waals surface area contributed by atoms with Gasteiger partial charge in [0.1, 0.15) is 0 Å². The number of likely N-dealkylation sites (N-methyl/N-ethyl adjacent to an activating group) is 1. The van der Waals surface area contributed by atoms with E-state index < -0.39 is 5.97 Å². The summed E-state index contributed by atoms with van der Waals surface area (Å²) in [5, 5.41) is 19.3. The van der Waals surface area contributed by atoms with E-state index in [2.05, 4.69) is 5.32 Å². The van der Waals surface area contributed by atoms with Crippen molar-refractivity contribution < 1.29 is 15.0 Å². The Bertz CT molecular complexity index is 91.7. The summed E-state index contributed by atoms with van der Waals surface area (Å²) >= 11 is 0. The molecule has 0 aromatic carbocycles. The first-order valence-corrected chi connectivity index (χ1v) is 3.70. The highest BCUT2D eigenvalue weighted by Crippen LogP contribution is 1.87. The molecule has 0 aliphatic heterocycles. The number of carbonyl (C=O) groups is 1. The molecule has 0 radical (unpaired) electrons. The second kappa shape index (κ2) is 9.39. The Morgan fingerprint density at radius 3 is 2.09 bits per heavy atom. The molecule has 0 amide bonds. The highest BCUT2D eigenvalue weighted by Gasteiger charge is 2.07. The molecule has 0 heterocycles. The lowest BCUT2D eigenvalue weighted by molar-refractivity contribution is -0.137. The van der Waals surface area contributed by atoms with E-state index in [1.165, 1.54) is 0 Å². The standard InChI is InChI=1S/C5H11NO3.C2H6/c1-6-4(3-7)2-5(8)9;1-2/h4,6-7H,2-3H2,1H3,(H,8,9);1-2H3. The van der Waals surface area contributed by atoms with Gasteiger partial charge in [-0.15, -0.1) is 0 Å². The van der Waals surface area contributed by atoms with Crippen molar-refractivity contribution in [1.82, 2.24) is 5.32 Å². The molecule has 4 nitrogen and oxygen atoms in total. The number of carboxylic acid groups (broad SMARTS) is 1. The van der Waals surface area contributed by atoms with Crippen molar-refractivity contribution in [3.8, 4) is 0 Å². The number of rotatable bonds is 4. The molecule has 0 saturated heterocycles. The first-order chi connectivity index (χ1) is 5.20. The fraction of sp³-hybridized carbons (Fsp3) is 0.857. The number of nitrogens with one attached hydrogen (secondary N) is 1. The summed E-state index contributed by atoms with van der Waals surface area (Å²) in [6.07, 6.45) is -0.0347. The van der Waals surface area contributed by atoms with E-state index in [9.17, 15) is 4.79 Å². The van der Waals surface area contributed by atoms with E-state index in [1.807, 2.05) is 13.8 Å². The molecule has 0 aliphatic carbocycles. The molecular formula is C7H17NO3. The number of carboxylic acids is 1. The second-order valence-corrected chi connectivity index (χ2v) is 1.77. The average Bonchev–Trinajstić information content (AvgIpc) is 2.03. The van der Waals surface area contributed by atoms with Crippen LogP contribution in [-0.4, -0.2) is 35.9 Å². The van der Waals surface area contributed by atoms with Crippen LogP contribution in [0.25, 0.3) is 0 Å². The van der Waals surface area contributed by atoms with E-state index in [4.69, 9.17) is 10.2 Å². The summed E-state index contributed by atoms with van der Waals surface area (Å²) < 4.78 is 0. The van der Waals surface area contributed by atoms with Crippen LogP contribution in [0.2, 0.25) is 0 Å². The first-order valence-electron chi connectivity index (χ1n) is 3.70. The van der Waals surface area contributed by atoms with Gasteiger partial charge < -0.3 is 15.5 Å². The SMILES string of the molecule is CC.CNC(CO)CC(=O)O. The Hall–Kier alpha value is -0.610. The van der Waals surface area contributed by atoms with Crippen LogP contribution in [0.15, 0.2) is 0 Å². The molecule has 0 saturated carbocycles. The maximum absolute atomic E-state index is 9.98. The van der Waals surface area contributed by atoms with Crippen LogP contribution in [0.3, 0.4) is 0 Å². The Morgan fingerprint density at radius 2 is 2.00 bits per heavy atom. The van der Waals surface area contributed by atoms with Crippen LogP contribution < -0.4 is 5.32 Å². The van der Waals surface area contributed by atoms with Crippen LogP contribution >= 0.6 is 0 Å². The molecule has 4 heteroatoms. The van der Waals surface area contributed by atoms with E-state index in [0.717, 1.165) is 0 Å². The van der Waals surface area contributed by atoms with Crippen molar-refractivity contribution in [3.63, 3.8) is 0 Å². The summed E-state index contributed by atoms with van der Waals surface area (Å²) in [7, 11) is 1.61. The van der Waals surface area contributed by atoms with Crippen molar-refractivity contribution in [1.29, 1.82) is 0 Å². The summed E-state index contributed by atoms with van der Waals surface area (Å²) in [5.41, 5.74) is 0. The van der Waals surface area contributed by atoms with Crippen LogP contribution in [0, 0.1) is 0 Å². The van der Waals surface area contributed by atoms with Gasteiger partial charge in [-0.3, -0.25) is 4.79 Å². The molecule has 0 rings (SSSR count). The lowest BCUT2D eigenvalue weighted by atomic mass is 10.2. The normalized spacial score (nSPS) is 11.3. The van der Waals surface area contributed by atoms with Crippen molar-refractivity contribution in [2.75, 3.05) is 13.7 Å². The Balaban J connectivity index is 0. The van der Waals surface area contributed by atoms with Gasteiger partial charge in [0.05, 0.1) is 13.0 Å². The zero-order valence-corrected chi connectivity index (χ0v) is 7.29. The smallest absolute Gasteiger partial charge is 0.305 e. The molecule has 0 aromatic heterocycles. The highest BCUT2D eigenvalue weighted by molar-refractivity contribution is 5.67. The number of aliphatic carboxylic acids is 1. The maximum atomic E-state index is 9.98. The van der Waals surface area contributed by atoms with Crippen molar-refractivity contribution in [3.05, 3.63) is 0 Å². The lowest BCUT2D eigenvalue weighted by Crippen LogP contribution is -2.31. The molecule has 0 fully saturated rings. The Kier molecular flexibility index (Phi) is 11.1. The lowest BCUT2D eigenvalue weighted by Gasteiger charge is -2.07. The molecule has 0 spiro atoms. The third-order valence-electron chi connectivity index (χ3n) is 1.05. The fourth-order valence-corrected chi connectivity index (χ4v) is 0.469. The fourth-order valence-electron chi connectivity index (χ4n) is 0.469. The maximum Gasteiger partial charge on any atom is 0.305 e. The van der Waals surface area contributed by atoms with Crippen LogP contribution in [0.5, 0.6) is 0 Å². The van der Waals surface area contributed by atoms with Crippen molar-refractivity contribution >= 4 is 5.97 Å². The predicted octanol–water partition coefficient (Wildman–Crippen LogP) is 0.0676. The van der Waals surface area contributed by atoms with Crippen molar-refractivity contribution in [2.24, 2.45) is 0 Å². The van der Waals surface area contributed by atoms with Gasteiger partial charge in [-0.2, -0.15) is 0 Å². The predicted molar refractivity (Wildman–Crippen MR) is 43.5 cm³/mol. The van der Waals surface area contributed by atoms with Gasteiger partial charge in [0, 0.05) is 6.04 Å². The number of hydrogen-bond acceptors (Lipinski definition) is 3. The third kappa shape index (κ3) is 9.39. The van der Waals surface area contributed by atoms with Gasteiger partial charge in [0.15, 0.2) is 0 Å². The molecule has 11 heavy (non-hydrogen) atoms. The second-order valence-electron chi connectivity index (χ2n) is 1.77. The minimum Gasteiger partial charge on any atom is -0.481 e. The molecule has 0 aliphatic rings. The topological polar surface area (TPSA) is 69.6 Å². The van der Waals surface area contributed by atoms with Gasteiger partial charge in [0.2, 0.25) is 0 Å². The molecule has 0 aromatic rings. The van der Waals surface area contributed by atoms with Crippen LogP contribution in [-0.2, 0) is 4.79 Å². The third-order valence-corrected chi connectivity index (χ3v) is 1.05. The number of aliphatic hydroxyl groups is 1. The van der Waals surface area contributed by atoms with Gasteiger partial charge in [-0.1, -0.05) is 13.8 Å². The molecule has 0 bridgehead atoms. The van der Waals surface area contributed by atoms with Gasteiger partial charge in [-0.05, 0) is 7.05 Å². The van der Waals surface area contributed by atoms with Gasteiger partial charge in [-0.25, -0.2) is 0 Å². The monoisotopic (exact) mass is 163 g/mol. The Labute approximate surface area is 67.2 Å². The first kappa shape index (κ1) is 13.0. The van der Waals surface area contributed by atoms with Crippen LogP contribution in [0.1, 0.15) is 20.3 Å². The van der Waals surface area contributed by atoms with Crippen molar-refractivity contribution in [2.45, 2.75) is 26.3 Å². The van der Waals surface area contributed by atoms with E-state index in [-0.39, 0.29) is 19.1 Å². The van der Waals surface area contributed by atoms with E-state index in [1.54, 1.807) is 7.05 Å². The van der Waals surface area contributed by atoms with E-state index in [0.29, 0.717) is 0 Å². The zero-order chi connectivity index (χ0) is 9.28. The summed E-state index contributed by atoms with van der Waals surface area (Å²) in [5.74, 6) is -0.900. The molecule has 1 unspecified atom stereocenters. The van der Waals surface area contributed by atoms with E-state index >= 15 is 0 Å².